The number of aromatic nitrogens is 1. The van der Waals surface area contributed by atoms with E-state index in [-0.39, 0.29) is 5.78 Å². The normalized spacial score (nSPS) is 13.7. The van der Waals surface area contributed by atoms with Crippen LogP contribution in [0.3, 0.4) is 0 Å². The Morgan fingerprint density at radius 3 is 2.81 bits per heavy atom. The minimum atomic E-state index is 0.0898. The quantitative estimate of drug-likeness (QED) is 0.615. The predicted octanol–water partition coefficient (Wildman–Crippen LogP) is 4.38. The minimum absolute atomic E-state index is 0.0898. The van der Waals surface area contributed by atoms with Gasteiger partial charge in [-0.2, -0.15) is 0 Å². The van der Waals surface area contributed by atoms with E-state index in [2.05, 4.69) is 11.1 Å². The predicted molar refractivity (Wildman–Crippen MR) is 85.9 cm³/mol. The molecule has 3 heteroatoms. The summed E-state index contributed by atoms with van der Waals surface area (Å²) in [7, 11) is 0. The molecule has 102 valence electrons. The van der Waals surface area contributed by atoms with Gasteiger partial charge in [0.1, 0.15) is 0 Å². The summed E-state index contributed by atoms with van der Waals surface area (Å²) in [6.45, 7) is 2.02. The van der Waals surface area contributed by atoms with Gasteiger partial charge in [-0.25, -0.2) is 0 Å². The molecule has 3 aromatic rings. The van der Waals surface area contributed by atoms with Crippen molar-refractivity contribution in [1.82, 2.24) is 4.98 Å². The Hall–Kier alpha value is -2.13. The van der Waals surface area contributed by atoms with Crippen LogP contribution in [0.5, 0.6) is 0 Å². The first-order valence-corrected chi connectivity index (χ1v) is 7.88. The third-order valence-electron chi connectivity index (χ3n) is 3.79. The number of carbonyl (C=O) groups is 1. The topological polar surface area (TPSA) is 30.0 Å². The number of hydrogen-bond acceptors (Lipinski definition) is 3. The molecule has 2 nitrogen and oxygen atoms in total. The molecular formula is C18H13NOS. The van der Waals surface area contributed by atoms with Crippen LogP contribution in [0.25, 0.3) is 10.9 Å². The van der Waals surface area contributed by atoms with E-state index in [9.17, 15) is 4.79 Å². The van der Waals surface area contributed by atoms with Crippen LogP contribution in [0, 0.1) is 6.92 Å². The van der Waals surface area contributed by atoms with Crippen LogP contribution in [-0.2, 0) is 5.75 Å². The minimum Gasteiger partial charge on any atom is -0.288 e. The first kappa shape index (κ1) is 12.6. The smallest absolute Gasteiger partial charge is 0.196 e. The van der Waals surface area contributed by atoms with E-state index < -0.39 is 0 Å². The molecule has 0 amide bonds. The first-order chi connectivity index (χ1) is 10.2. The molecule has 1 aliphatic heterocycles. The fourth-order valence-corrected chi connectivity index (χ4v) is 3.68. The van der Waals surface area contributed by atoms with Gasteiger partial charge in [0.05, 0.1) is 11.2 Å². The third kappa shape index (κ3) is 2.05. The number of ketones is 1. The van der Waals surface area contributed by atoms with Gasteiger partial charge >= 0.3 is 0 Å². The molecule has 0 saturated heterocycles. The average molecular weight is 291 g/mol. The van der Waals surface area contributed by atoms with Crippen LogP contribution in [-0.4, -0.2) is 10.8 Å². The number of nitrogens with zero attached hydrogens (tertiary/aromatic N) is 1. The lowest BCUT2D eigenvalue weighted by Gasteiger charge is -2.06. The largest absolute Gasteiger partial charge is 0.288 e. The Balaban J connectivity index is 1.97. The lowest BCUT2D eigenvalue weighted by atomic mass is 9.99. The van der Waals surface area contributed by atoms with E-state index in [0.717, 1.165) is 43.9 Å². The molecule has 0 fully saturated rings. The molecule has 0 unspecified atom stereocenters. The highest BCUT2D eigenvalue weighted by molar-refractivity contribution is 7.98. The van der Waals surface area contributed by atoms with E-state index in [0.29, 0.717) is 0 Å². The fourth-order valence-electron chi connectivity index (χ4n) is 2.70. The zero-order chi connectivity index (χ0) is 14.4. The Morgan fingerprint density at radius 1 is 1.05 bits per heavy atom. The van der Waals surface area contributed by atoms with Crippen molar-refractivity contribution in [3.63, 3.8) is 0 Å². The first-order valence-electron chi connectivity index (χ1n) is 6.89. The summed E-state index contributed by atoms with van der Waals surface area (Å²) in [5.74, 6) is 0.828. The highest BCUT2D eigenvalue weighted by atomic mass is 32.2. The van der Waals surface area contributed by atoms with E-state index in [4.69, 9.17) is 0 Å². The summed E-state index contributed by atoms with van der Waals surface area (Å²) in [6, 6.07) is 16.0. The van der Waals surface area contributed by atoms with Gasteiger partial charge in [0.15, 0.2) is 5.78 Å². The molecule has 2 aromatic carbocycles. The maximum Gasteiger partial charge on any atom is 0.196 e. The van der Waals surface area contributed by atoms with Crippen LogP contribution in [0.15, 0.2) is 53.4 Å². The number of carbonyl (C=O) groups excluding carboxylic acids is 1. The number of rotatable bonds is 0. The second-order valence-corrected chi connectivity index (χ2v) is 6.31. The van der Waals surface area contributed by atoms with Gasteiger partial charge in [0.25, 0.3) is 0 Å². The molecule has 2 heterocycles. The van der Waals surface area contributed by atoms with Crippen molar-refractivity contribution in [2.75, 3.05) is 0 Å². The monoisotopic (exact) mass is 291 g/mol. The second kappa shape index (κ2) is 4.71. The summed E-state index contributed by atoms with van der Waals surface area (Å²) in [5.41, 5.74) is 4.49. The SMILES string of the molecule is Cc1ccc2c(c1)C(=O)c1cc3ccccc3nc1CS2. The van der Waals surface area contributed by atoms with Crippen LogP contribution in [0.1, 0.15) is 27.2 Å². The van der Waals surface area contributed by atoms with Crippen LogP contribution in [0.4, 0.5) is 0 Å². The molecular weight excluding hydrogens is 278 g/mol. The maximum atomic E-state index is 12.9. The van der Waals surface area contributed by atoms with E-state index in [1.54, 1.807) is 11.8 Å². The molecule has 4 rings (SSSR count). The van der Waals surface area contributed by atoms with Gasteiger partial charge in [-0.15, -0.1) is 11.8 Å². The van der Waals surface area contributed by atoms with Gasteiger partial charge in [-0.3, -0.25) is 9.78 Å². The fraction of sp³-hybridized carbons (Fsp3) is 0.111. The maximum absolute atomic E-state index is 12.9. The second-order valence-electron chi connectivity index (χ2n) is 5.29. The van der Waals surface area contributed by atoms with Crippen LogP contribution >= 0.6 is 11.8 Å². The number of hydrogen-bond donors (Lipinski definition) is 0. The van der Waals surface area contributed by atoms with Gasteiger partial charge < -0.3 is 0 Å². The molecule has 21 heavy (non-hydrogen) atoms. The van der Waals surface area contributed by atoms with Crippen LogP contribution < -0.4 is 0 Å². The zero-order valence-corrected chi connectivity index (χ0v) is 12.4. The lowest BCUT2D eigenvalue weighted by molar-refractivity contribution is 0.103. The number of aryl methyl sites for hydroxylation is 1. The molecule has 0 radical (unpaired) electrons. The van der Waals surface area contributed by atoms with E-state index in [1.165, 1.54) is 0 Å². The van der Waals surface area contributed by atoms with Gasteiger partial charge in [0, 0.05) is 27.2 Å². The molecule has 0 aliphatic carbocycles. The van der Waals surface area contributed by atoms with Crippen molar-refractivity contribution in [3.05, 3.63) is 70.9 Å². The molecule has 0 bridgehead atoms. The van der Waals surface area contributed by atoms with Crippen molar-refractivity contribution >= 4 is 28.4 Å². The molecule has 0 spiro atoms. The average Bonchev–Trinajstić information content (AvgIpc) is 2.63. The Morgan fingerprint density at radius 2 is 1.90 bits per heavy atom. The molecule has 1 aromatic heterocycles. The summed E-state index contributed by atoms with van der Waals surface area (Å²) in [6.07, 6.45) is 0. The zero-order valence-electron chi connectivity index (χ0n) is 11.6. The van der Waals surface area contributed by atoms with Gasteiger partial charge in [-0.1, -0.05) is 29.8 Å². The molecule has 0 atom stereocenters. The van der Waals surface area contributed by atoms with Crippen molar-refractivity contribution in [2.45, 2.75) is 17.6 Å². The Bertz CT molecular complexity index is 886. The Kier molecular flexibility index (Phi) is 2.82. The summed E-state index contributed by atoms with van der Waals surface area (Å²) >= 11 is 1.69. The number of benzene rings is 2. The van der Waals surface area contributed by atoms with Crippen molar-refractivity contribution in [2.24, 2.45) is 0 Å². The number of fused-ring (bicyclic) bond motifs is 3. The molecule has 0 saturated carbocycles. The molecule has 1 aliphatic rings. The standard InChI is InChI=1S/C18H13NOS/c1-11-6-7-17-14(8-11)18(20)13-9-12-4-2-3-5-15(12)19-16(13)10-21-17/h2-9H,10H2,1H3. The number of thioether (sulfide) groups is 1. The highest BCUT2D eigenvalue weighted by Crippen LogP contribution is 2.34. The van der Waals surface area contributed by atoms with E-state index >= 15 is 0 Å². The third-order valence-corrected chi connectivity index (χ3v) is 4.88. The van der Waals surface area contributed by atoms with Gasteiger partial charge in [0.2, 0.25) is 0 Å². The van der Waals surface area contributed by atoms with Crippen LogP contribution in [0.2, 0.25) is 0 Å². The lowest BCUT2D eigenvalue weighted by Crippen LogP contribution is -2.05. The van der Waals surface area contributed by atoms with Crippen molar-refractivity contribution in [1.29, 1.82) is 0 Å². The highest BCUT2D eigenvalue weighted by Gasteiger charge is 2.23. The molecule has 0 N–H and O–H groups in total. The van der Waals surface area contributed by atoms with Gasteiger partial charge in [-0.05, 0) is 31.2 Å². The van der Waals surface area contributed by atoms with Crippen molar-refractivity contribution in [3.8, 4) is 0 Å². The summed E-state index contributed by atoms with van der Waals surface area (Å²) < 4.78 is 0. The Labute approximate surface area is 127 Å². The number of para-hydroxylation sites is 1. The number of pyridine rings is 1. The summed E-state index contributed by atoms with van der Waals surface area (Å²) in [5, 5.41) is 1.02. The van der Waals surface area contributed by atoms with Crippen molar-refractivity contribution < 1.29 is 4.79 Å². The summed E-state index contributed by atoms with van der Waals surface area (Å²) in [4.78, 5) is 18.6. The van der Waals surface area contributed by atoms with E-state index in [1.807, 2.05) is 49.4 Å².